The first-order valence-corrected chi connectivity index (χ1v) is 8.58. The van der Waals surface area contributed by atoms with E-state index in [0.717, 1.165) is 56.4 Å². The number of guanidine groups is 1. The van der Waals surface area contributed by atoms with Gasteiger partial charge < -0.3 is 24.8 Å². The normalized spacial score (nSPS) is 11.2. The van der Waals surface area contributed by atoms with Gasteiger partial charge in [0.1, 0.15) is 18.1 Å². The Morgan fingerprint density at radius 3 is 2.38 bits per heavy atom. The van der Waals surface area contributed by atoms with Crippen LogP contribution in [0, 0.1) is 0 Å². The highest BCUT2D eigenvalue weighted by Gasteiger charge is 1.98. The van der Waals surface area contributed by atoms with E-state index in [-0.39, 0.29) is 0 Å². The summed E-state index contributed by atoms with van der Waals surface area (Å²) in [7, 11) is 3.39. The summed E-state index contributed by atoms with van der Waals surface area (Å²) in [6, 6.07) is 7.58. The molecule has 0 fully saturated rings. The van der Waals surface area contributed by atoms with Gasteiger partial charge in [0.05, 0.1) is 13.7 Å². The highest BCUT2D eigenvalue weighted by Crippen LogP contribution is 2.16. The maximum atomic E-state index is 5.69. The van der Waals surface area contributed by atoms with Crippen molar-refractivity contribution in [3.8, 4) is 11.5 Å². The Bertz CT molecular complexity index is 449. The number of methoxy groups -OCH3 is 2. The van der Waals surface area contributed by atoms with Gasteiger partial charge in [-0.15, -0.1) is 0 Å². The lowest BCUT2D eigenvalue weighted by atomic mass is 10.2. The Morgan fingerprint density at radius 2 is 1.71 bits per heavy atom. The number of unbranched alkanes of at least 4 members (excludes halogenated alkanes) is 2. The van der Waals surface area contributed by atoms with Crippen molar-refractivity contribution in [3.63, 3.8) is 0 Å². The Kier molecular flexibility index (Phi) is 11.3. The number of aliphatic imine (C=N–C) groups is 1. The van der Waals surface area contributed by atoms with Crippen molar-refractivity contribution in [2.45, 2.75) is 26.2 Å². The van der Waals surface area contributed by atoms with Crippen LogP contribution in [0.3, 0.4) is 0 Å². The van der Waals surface area contributed by atoms with Crippen LogP contribution in [-0.2, 0) is 4.74 Å². The summed E-state index contributed by atoms with van der Waals surface area (Å²) >= 11 is 0. The van der Waals surface area contributed by atoms with E-state index in [2.05, 4.69) is 22.5 Å². The Labute approximate surface area is 145 Å². The molecule has 0 heterocycles. The maximum absolute atomic E-state index is 5.69. The molecule has 0 atom stereocenters. The number of nitrogens with zero attached hydrogens (tertiary/aromatic N) is 1. The molecule has 0 spiro atoms. The molecule has 0 saturated heterocycles. The highest BCUT2D eigenvalue weighted by molar-refractivity contribution is 5.79. The predicted octanol–water partition coefficient (Wildman–Crippen LogP) is 2.45. The molecule has 6 heteroatoms. The van der Waals surface area contributed by atoms with Crippen LogP contribution >= 0.6 is 0 Å². The van der Waals surface area contributed by atoms with Crippen molar-refractivity contribution < 1.29 is 14.2 Å². The summed E-state index contributed by atoms with van der Waals surface area (Å²) in [5, 5.41) is 6.52. The zero-order valence-corrected chi connectivity index (χ0v) is 15.1. The van der Waals surface area contributed by atoms with Crippen LogP contribution in [0.2, 0.25) is 0 Å². The smallest absolute Gasteiger partial charge is 0.191 e. The van der Waals surface area contributed by atoms with Gasteiger partial charge in [-0.05, 0) is 50.5 Å². The third kappa shape index (κ3) is 9.25. The van der Waals surface area contributed by atoms with Crippen molar-refractivity contribution in [1.29, 1.82) is 0 Å². The van der Waals surface area contributed by atoms with Crippen LogP contribution in [0.1, 0.15) is 26.2 Å². The van der Waals surface area contributed by atoms with Gasteiger partial charge >= 0.3 is 0 Å². The van der Waals surface area contributed by atoms with Gasteiger partial charge in [-0.2, -0.15) is 0 Å². The zero-order valence-electron chi connectivity index (χ0n) is 15.1. The molecule has 1 rings (SSSR count). The average molecular weight is 337 g/mol. The lowest BCUT2D eigenvalue weighted by Crippen LogP contribution is -2.39. The van der Waals surface area contributed by atoms with Crippen LogP contribution in [-0.4, -0.2) is 53.0 Å². The van der Waals surface area contributed by atoms with Gasteiger partial charge in [0.2, 0.25) is 0 Å². The molecule has 0 bridgehead atoms. The molecule has 24 heavy (non-hydrogen) atoms. The molecule has 136 valence electrons. The average Bonchev–Trinajstić information content (AvgIpc) is 2.62. The van der Waals surface area contributed by atoms with Gasteiger partial charge in [-0.3, -0.25) is 4.99 Å². The number of hydrogen-bond acceptors (Lipinski definition) is 4. The zero-order chi connectivity index (χ0) is 17.5. The molecule has 0 aliphatic carbocycles. The van der Waals surface area contributed by atoms with Crippen LogP contribution in [0.4, 0.5) is 0 Å². The number of benzene rings is 1. The molecule has 0 aromatic heterocycles. The molecule has 0 unspecified atom stereocenters. The summed E-state index contributed by atoms with van der Waals surface area (Å²) in [6.45, 7) is 5.81. The van der Waals surface area contributed by atoms with E-state index in [1.54, 1.807) is 14.2 Å². The summed E-state index contributed by atoms with van der Waals surface area (Å²) < 4.78 is 15.9. The summed E-state index contributed by atoms with van der Waals surface area (Å²) in [6.07, 6.45) is 3.30. The van der Waals surface area contributed by atoms with Gasteiger partial charge in [-0.1, -0.05) is 0 Å². The molecule has 0 amide bonds. The Balaban J connectivity index is 2.21. The first-order chi connectivity index (χ1) is 11.8. The van der Waals surface area contributed by atoms with E-state index in [1.807, 2.05) is 24.3 Å². The fourth-order valence-electron chi connectivity index (χ4n) is 2.08. The van der Waals surface area contributed by atoms with Crippen LogP contribution in [0.25, 0.3) is 0 Å². The van der Waals surface area contributed by atoms with Crippen molar-refractivity contribution >= 4 is 5.96 Å². The van der Waals surface area contributed by atoms with Gasteiger partial charge in [-0.25, -0.2) is 0 Å². The number of nitrogens with one attached hydrogen (secondary N) is 2. The minimum Gasteiger partial charge on any atom is -0.497 e. The highest BCUT2D eigenvalue weighted by atomic mass is 16.5. The summed E-state index contributed by atoms with van der Waals surface area (Å²) in [5.74, 6) is 2.49. The van der Waals surface area contributed by atoms with Crippen molar-refractivity contribution in [2.24, 2.45) is 4.99 Å². The SMILES string of the molecule is CCNC(=NCCCCCOC)NCCOc1ccc(OC)cc1. The van der Waals surface area contributed by atoms with Crippen molar-refractivity contribution in [1.82, 2.24) is 10.6 Å². The van der Waals surface area contributed by atoms with E-state index in [1.165, 1.54) is 0 Å². The van der Waals surface area contributed by atoms with Crippen molar-refractivity contribution in [3.05, 3.63) is 24.3 Å². The fourth-order valence-corrected chi connectivity index (χ4v) is 2.08. The second-order valence-corrected chi connectivity index (χ2v) is 5.26. The molecule has 0 saturated carbocycles. The van der Waals surface area contributed by atoms with E-state index in [9.17, 15) is 0 Å². The standard InChI is InChI=1S/C18H31N3O3/c1-4-19-18(20-12-6-5-7-14-22-2)21-13-15-24-17-10-8-16(23-3)9-11-17/h8-11H,4-7,12-15H2,1-3H3,(H2,19,20,21). The topological polar surface area (TPSA) is 64.1 Å². The number of rotatable bonds is 12. The van der Waals surface area contributed by atoms with Crippen LogP contribution in [0.5, 0.6) is 11.5 Å². The molecule has 2 N–H and O–H groups in total. The van der Waals surface area contributed by atoms with Crippen LogP contribution in [0.15, 0.2) is 29.3 Å². The molecular formula is C18H31N3O3. The molecule has 6 nitrogen and oxygen atoms in total. The van der Waals surface area contributed by atoms with E-state index in [0.29, 0.717) is 13.2 Å². The fraction of sp³-hybridized carbons (Fsp3) is 0.611. The molecule has 1 aromatic rings. The molecule has 0 aliphatic rings. The van der Waals surface area contributed by atoms with E-state index >= 15 is 0 Å². The minimum atomic E-state index is 0.574. The Morgan fingerprint density at radius 1 is 0.958 bits per heavy atom. The molecule has 1 aromatic carbocycles. The predicted molar refractivity (Wildman–Crippen MR) is 98.2 cm³/mol. The lowest BCUT2D eigenvalue weighted by Gasteiger charge is -2.12. The largest absolute Gasteiger partial charge is 0.497 e. The first kappa shape index (κ1) is 20.1. The maximum Gasteiger partial charge on any atom is 0.191 e. The van der Waals surface area contributed by atoms with Crippen molar-refractivity contribution in [2.75, 3.05) is 47.1 Å². The minimum absolute atomic E-state index is 0.574. The van der Waals surface area contributed by atoms with E-state index < -0.39 is 0 Å². The lowest BCUT2D eigenvalue weighted by molar-refractivity contribution is 0.192. The Hall–Kier alpha value is -1.95. The molecule has 0 radical (unpaired) electrons. The molecule has 0 aliphatic heterocycles. The van der Waals surface area contributed by atoms with Gasteiger partial charge in [0, 0.05) is 26.8 Å². The number of hydrogen-bond donors (Lipinski definition) is 2. The second kappa shape index (κ2) is 13.5. The third-order valence-electron chi connectivity index (χ3n) is 3.34. The summed E-state index contributed by atoms with van der Waals surface area (Å²) in [5.41, 5.74) is 0. The van der Waals surface area contributed by atoms with Gasteiger partial charge in [0.15, 0.2) is 5.96 Å². The summed E-state index contributed by atoms with van der Waals surface area (Å²) in [4.78, 5) is 4.56. The number of ether oxygens (including phenoxy) is 3. The molecular weight excluding hydrogens is 306 g/mol. The first-order valence-electron chi connectivity index (χ1n) is 8.58. The van der Waals surface area contributed by atoms with E-state index in [4.69, 9.17) is 14.2 Å². The van der Waals surface area contributed by atoms with Crippen LogP contribution < -0.4 is 20.1 Å². The third-order valence-corrected chi connectivity index (χ3v) is 3.34. The second-order valence-electron chi connectivity index (χ2n) is 5.26. The quantitative estimate of drug-likeness (QED) is 0.348. The van der Waals surface area contributed by atoms with Gasteiger partial charge in [0.25, 0.3) is 0 Å². The monoisotopic (exact) mass is 337 g/mol.